The van der Waals surface area contributed by atoms with E-state index in [2.05, 4.69) is 19.5 Å². The summed E-state index contributed by atoms with van der Waals surface area (Å²) in [6.07, 6.45) is 0.803. The number of benzene rings is 1. The van der Waals surface area contributed by atoms with E-state index < -0.39 is 34.4 Å². The second-order valence-corrected chi connectivity index (χ2v) is 9.72. The van der Waals surface area contributed by atoms with Gasteiger partial charge >= 0.3 is 12.2 Å². The summed E-state index contributed by atoms with van der Waals surface area (Å²) >= 11 is 0. The van der Waals surface area contributed by atoms with Crippen LogP contribution in [0.2, 0.25) is 0 Å². The zero-order valence-corrected chi connectivity index (χ0v) is 23.4. The summed E-state index contributed by atoms with van der Waals surface area (Å²) < 4.78 is 34.5. The molecule has 0 saturated carbocycles. The molecule has 1 aromatic carbocycles. The second-order valence-electron chi connectivity index (χ2n) is 8.37. The number of rotatable bonds is 12. The van der Waals surface area contributed by atoms with E-state index in [1.54, 1.807) is 31.3 Å². The number of imidazole rings is 1. The molecule has 0 radical (unpaired) electrons. The Morgan fingerprint density at radius 2 is 1.93 bits per heavy atom. The third-order valence-electron chi connectivity index (χ3n) is 5.54. The van der Waals surface area contributed by atoms with Crippen LogP contribution in [0.1, 0.15) is 29.3 Å². The van der Waals surface area contributed by atoms with E-state index in [-0.39, 0.29) is 36.2 Å². The van der Waals surface area contributed by atoms with Crippen molar-refractivity contribution in [3.05, 3.63) is 69.0 Å². The van der Waals surface area contributed by atoms with Crippen molar-refractivity contribution < 1.29 is 47.8 Å². The van der Waals surface area contributed by atoms with Gasteiger partial charge in [0.1, 0.15) is 19.0 Å². The third kappa shape index (κ3) is 7.98. The molecule has 0 fully saturated rings. The molecule has 3 rings (SSSR count). The number of carbonyl (C=O) groups is 2. The lowest BCUT2D eigenvalue weighted by atomic mass is 10.1. The maximum Gasteiger partial charge on any atom is 0.510 e. The molecule has 0 spiro atoms. The van der Waals surface area contributed by atoms with E-state index in [4.69, 9.17) is 14.2 Å². The highest BCUT2D eigenvalue weighted by Crippen LogP contribution is 2.27. The number of aliphatic hydroxyl groups is 1. The van der Waals surface area contributed by atoms with E-state index in [1.807, 2.05) is 6.92 Å². The largest absolute Gasteiger partial charge is 0.510 e. The molecule has 0 amide bonds. The zero-order valence-electron chi connectivity index (χ0n) is 22.6. The fraction of sp³-hybridized carbons (Fsp3) is 0.360. The number of hydrogen-bond donors (Lipinski definition) is 1. The van der Waals surface area contributed by atoms with E-state index >= 15 is 0 Å². The van der Waals surface area contributed by atoms with Crippen LogP contribution < -0.4 is 4.74 Å². The first-order valence-corrected chi connectivity index (χ1v) is 13.3. The van der Waals surface area contributed by atoms with E-state index in [0.717, 1.165) is 17.1 Å². The molecule has 1 N–H and O–H groups in total. The van der Waals surface area contributed by atoms with Gasteiger partial charge in [0.05, 0.1) is 47.0 Å². The van der Waals surface area contributed by atoms with Crippen LogP contribution in [-0.2, 0) is 42.2 Å². The lowest BCUT2D eigenvalue weighted by Gasteiger charge is -2.12. The number of aryl methyl sites for hydroxylation is 1. The van der Waals surface area contributed by atoms with Gasteiger partial charge in [-0.25, -0.2) is 19.1 Å². The zero-order chi connectivity index (χ0) is 30.1. The molecule has 0 bridgehead atoms. The van der Waals surface area contributed by atoms with Gasteiger partial charge in [-0.3, -0.25) is 14.0 Å². The number of fused-ring (bicyclic) bond motifs is 1. The highest BCUT2D eigenvalue weighted by atomic mass is 32.2. The van der Waals surface area contributed by atoms with Gasteiger partial charge < -0.3 is 24.1 Å². The van der Waals surface area contributed by atoms with Gasteiger partial charge in [-0.15, -0.1) is 10.1 Å². The van der Waals surface area contributed by atoms with Gasteiger partial charge in [-0.1, -0.05) is 6.07 Å². The van der Waals surface area contributed by atoms with Gasteiger partial charge in [0.15, 0.2) is 0 Å². The highest BCUT2D eigenvalue weighted by molar-refractivity contribution is 7.84. The molecule has 0 aliphatic carbocycles. The van der Waals surface area contributed by atoms with Crippen molar-refractivity contribution in [1.29, 1.82) is 0 Å². The number of pyridine rings is 1. The molecule has 15 nitrogen and oxygen atoms in total. The van der Waals surface area contributed by atoms with Crippen molar-refractivity contribution in [3.63, 3.8) is 0 Å². The van der Waals surface area contributed by atoms with Crippen LogP contribution in [0.15, 0.2) is 41.7 Å². The Morgan fingerprint density at radius 3 is 2.59 bits per heavy atom. The third-order valence-corrected chi connectivity index (χ3v) is 6.76. The van der Waals surface area contributed by atoms with Crippen molar-refractivity contribution in [2.45, 2.75) is 44.6 Å². The minimum atomic E-state index is -1.83. The monoisotopic (exact) mass is 592 g/mol. The first-order chi connectivity index (χ1) is 19.5. The topological polar surface area (TPSA) is 191 Å². The summed E-state index contributed by atoms with van der Waals surface area (Å²) in [5, 5.41) is 18.6. The minimum absolute atomic E-state index is 0.0510. The fourth-order valence-corrected chi connectivity index (χ4v) is 4.93. The molecule has 220 valence electrons. The number of aromatic nitrogens is 3. The van der Waals surface area contributed by atoms with Gasteiger partial charge in [0.25, 0.3) is 5.09 Å². The molecule has 2 aromatic heterocycles. The quantitative estimate of drug-likeness (QED) is 0.106. The van der Waals surface area contributed by atoms with E-state index in [9.17, 15) is 29.0 Å². The molecular weight excluding hydrogens is 564 g/mol. The molecule has 16 heteroatoms. The summed E-state index contributed by atoms with van der Waals surface area (Å²) in [5.74, 6) is 0.570. The number of hydrogen-bond acceptors (Lipinski definition) is 13. The number of methoxy groups -OCH3 is 1. The maximum absolute atomic E-state index is 13.5. The minimum Gasteiger partial charge on any atom is -0.496 e. The predicted octanol–water partition coefficient (Wildman–Crippen LogP) is 3.11. The van der Waals surface area contributed by atoms with E-state index in [0.29, 0.717) is 28.1 Å². The van der Waals surface area contributed by atoms with Crippen LogP contribution in [0.4, 0.5) is 9.59 Å². The molecule has 2 unspecified atom stereocenters. The normalized spacial score (nSPS) is 12.6. The van der Waals surface area contributed by atoms with Gasteiger partial charge in [-0.2, -0.15) is 0 Å². The lowest BCUT2D eigenvalue weighted by Crippen LogP contribution is -2.21. The number of ether oxygens (including phenoxy) is 4. The summed E-state index contributed by atoms with van der Waals surface area (Å²) in [6.45, 7) is 3.96. The summed E-state index contributed by atoms with van der Waals surface area (Å²) in [6, 6.07) is 4.77. The number of nitrogens with zero attached hydrogens (tertiary/aromatic N) is 4. The highest BCUT2D eigenvalue weighted by Gasteiger charge is 2.24. The van der Waals surface area contributed by atoms with Crippen molar-refractivity contribution in [3.8, 4) is 5.75 Å². The molecule has 41 heavy (non-hydrogen) atoms. The average molecular weight is 593 g/mol. The van der Waals surface area contributed by atoms with Crippen molar-refractivity contribution in [2.24, 2.45) is 0 Å². The van der Waals surface area contributed by atoms with Gasteiger partial charge in [0, 0.05) is 17.3 Å². The molecule has 3 aromatic rings. The SMILES string of the molecule is COc1c(C)cnc(CS(=O)c2nc3ccc(CO)cc3n2C(=O)OCC=CCOC(=O)OC(C)O[N+](=O)[O-])c1C. The Balaban J connectivity index is 1.73. The Kier molecular flexibility index (Phi) is 10.7. The Bertz CT molecular complexity index is 1490. The van der Waals surface area contributed by atoms with Crippen molar-refractivity contribution >= 4 is 34.1 Å². The smallest absolute Gasteiger partial charge is 0.496 e. The van der Waals surface area contributed by atoms with Crippen LogP contribution >= 0.6 is 0 Å². The standard InChI is InChI=1S/C25H28N4O11S/c1-15-12-26-20(16(2)22(15)36-4)14-41(35)23-27-19-8-7-18(13-30)11-21(19)28(23)24(31)37-9-5-6-10-38-25(32)39-17(3)40-29(33)34/h5-8,11-12,17,30H,9-10,13-14H2,1-4H3. The molecule has 0 aliphatic rings. The molecule has 0 saturated heterocycles. The molecule has 0 aliphatic heterocycles. The Morgan fingerprint density at radius 1 is 1.22 bits per heavy atom. The van der Waals surface area contributed by atoms with E-state index in [1.165, 1.54) is 19.3 Å². The fourth-order valence-electron chi connectivity index (χ4n) is 3.68. The summed E-state index contributed by atoms with van der Waals surface area (Å²) in [7, 11) is -0.298. The average Bonchev–Trinajstić information content (AvgIpc) is 3.30. The summed E-state index contributed by atoms with van der Waals surface area (Å²) in [4.78, 5) is 47.6. The van der Waals surface area contributed by atoms with Crippen LogP contribution in [0.3, 0.4) is 0 Å². The molecular formula is C25H28N4O11S. The van der Waals surface area contributed by atoms with Crippen LogP contribution in [0.25, 0.3) is 11.0 Å². The van der Waals surface area contributed by atoms with Gasteiger partial charge in [-0.05, 0) is 50.6 Å². The van der Waals surface area contributed by atoms with Crippen molar-refractivity contribution in [1.82, 2.24) is 14.5 Å². The number of aliphatic hydroxyl groups excluding tert-OH is 1. The Labute approximate surface area is 236 Å². The first-order valence-electron chi connectivity index (χ1n) is 12.0. The maximum atomic E-state index is 13.5. The lowest BCUT2D eigenvalue weighted by molar-refractivity contribution is -0.777. The predicted molar refractivity (Wildman–Crippen MR) is 142 cm³/mol. The van der Waals surface area contributed by atoms with Crippen LogP contribution in [0.5, 0.6) is 5.75 Å². The summed E-state index contributed by atoms with van der Waals surface area (Å²) in [5.41, 5.74) is 3.20. The number of carbonyl (C=O) groups excluding carboxylic acids is 2. The Hall–Kier alpha value is -4.57. The van der Waals surface area contributed by atoms with Gasteiger partial charge in [0.2, 0.25) is 11.4 Å². The van der Waals surface area contributed by atoms with Crippen LogP contribution in [0, 0.1) is 24.0 Å². The molecule has 2 atom stereocenters. The second kappa shape index (κ2) is 14.2. The van der Waals surface area contributed by atoms with Crippen molar-refractivity contribution in [2.75, 3.05) is 20.3 Å². The molecule has 2 heterocycles. The van der Waals surface area contributed by atoms with Crippen LogP contribution in [-0.4, -0.2) is 67.8 Å². The first kappa shape index (κ1) is 31.0.